The van der Waals surface area contributed by atoms with Crippen LogP contribution in [-0.2, 0) is 0 Å². The van der Waals surface area contributed by atoms with Gasteiger partial charge >= 0.3 is 0 Å². The molecular weight excluding hydrogens is 641 g/mol. The lowest BCUT2D eigenvalue weighted by molar-refractivity contribution is 1.28. The van der Waals surface area contributed by atoms with Gasteiger partial charge in [0.15, 0.2) is 0 Å². The van der Waals surface area contributed by atoms with Crippen molar-refractivity contribution in [3.8, 4) is 32.0 Å². The van der Waals surface area contributed by atoms with Gasteiger partial charge in [-0.1, -0.05) is 91.0 Å². The minimum absolute atomic E-state index is 0.971. The Balaban J connectivity index is 0.974. The number of pyridine rings is 2. The van der Waals surface area contributed by atoms with Crippen LogP contribution >= 0.6 is 11.3 Å². The van der Waals surface area contributed by atoms with Crippen molar-refractivity contribution in [2.75, 3.05) is 10.2 Å². The quantitative estimate of drug-likeness (QED) is 0.174. The molecule has 9 aromatic rings. The van der Waals surface area contributed by atoms with Crippen LogP contribution in [0.4, 0.5) is 28.4 Å². The smallest absolute Gasteiger partial charge is 0.0722 e. The van der Waals surface area contributed by atoms with E-state index in [1.165, 1.54) is 32.0 Å². The number of thiophene rings is 1. The molecule has 3 heterocycles. The Morgan fingerprint density at radius 3 is 1.55 bits per heavy atom. The predicted octanol–water partition coefficient (Wildman–Crippen LogP) is 13.1. The highest BCUT2D eigenvalue weighted by molar-refractivity contribution is 7.18. The van der Waals surface area contributed by atoms with E-state index in [4.69, 9.17) is 0 Å². The van der Waals surface area contributed by atoms with Crippen LogP contribution in [0.1, 0.15) is 0 Å². The second-order valence-corrected chi connectivity index (χ2v) is 13.5. The second kappa shape index (κ2) is 13.4. The number of hydrogen-bond acceptors (Lipinski definition) is 5. The molecule has 3 aromatic heterocycles. The number of nitrogens with one attached hydrogen (secondary N) is 1. The average molecular weight is 673 g/mol. The fraction of sp³-hybridized carbons (Fsp3) is 0. The largest absolute Gasteiger partial charge is 0.355 e. The summed E-state index contributed by atoms with van der Waals surface area (Å²) in [6.45, 7) is 0. The van der Waals surface area contributed by atoms with Gasteiger partial charge in [-0.3, -0.25) is 9.97 Å². The topological polar surface area (TPSA) is 41.0 Å². The van der Waals surface area contributed by atoms with E-state index in [2.05, 4.69) is 184 Å². The van der Waals surface area contributed by atoms with Gasteiger partial charge < -0.3 is 10.2 Å². The lowest BCUT2D eigenvalue weighted by atomic mass is 10.0. The highest BCUT2D eigenvalue weighted by atomic mass is 32.1. The molecule has 0 saturated carbocycles. The number of fused-ring (bicyclic) bond motifs is 2. The van der Waals surface area contributed by atoms with Gasteiger partial charge in [0.05, 0.1) is 11.0 Å². The summed E-state index contributed by atoms with van der Waals surface area (Å²) in [6, 6.07) is 62.1. The minimum Gasteiger partial charge on any atom is -0.355 e. The van der Waals surface area contributed by atoms with Gasteiger partial charge in [0, 0.05) is 61.4 Å². The van der Waals surface area contributed by atoms with Crippen LogP contribution in [0.2, 0.25) is 0 Å². The Morgan fingerprint density at radius 1 is 0.392 bits per heavy atom. The summed E-state index contributed by atoms with van der Waals surface area (Å²) in [7, 11) is 0. The maximum atomic E-state index is 4.65. The molecule has 0 aliphatic rings. The molecule has 0 unspecified atom stereocenters. The van der Waals surface area contributed by atoms with Crippen LogP contribution in [0.5, 0.6) is 0 Å². The second-order valence-electron chi connectivity index (χ2n) is 12.5. The molecule has 242 valence electrons. The summed E-state index contributed by atoms with van der Waals surface area (Å²) < 4.78 is 0. The number of anilines is 5. The summed E-state index contributed by atoms with van der Waals surface area (Å²) in [5.41, 5.74) is 12.0. The number of rotatable bonds is 8. The molecule has 0 aliphatic carbocycles. The van der Waals surface area contributed by atoms with E-state index in [0.29, 0.717) is 0 Å². The van der Waals surface area contributed by atoms with Gasteiger partial charge in [-0.25, -0.2) is 0 Å². The minimum atomic E-state index is 0.971. The van der Waals surface area contributed by atoms with E-state index in [9.17, 15) is 0 Å². The zero-order valence-electron chi connectivity index (χ0n) is 27.6. The summed E-state index contributed by atoms with van der Waals surface area (Å²) in [5.74, 6) is 0. The van der Waals surface area contributed by atoms with E-state index in [0.717, 1.165) is 50.2 Å². The van der Waals surface area contributed by atoms with Crippen molar-refractivity contribution in [3.63, 3.8) is 0 Å². The Hall–Kier alpha value is -6.56. The van der Waals surface area contributed by atoms with E-state index in [-0.39, 0.29) is 0 Å². The van der Waals surface area contributed by atoms with Crippen LogP contribution < -0.4 is 10.2 Å². The third-order valence-corrected chi connectivity index (χ3v) is 10.3. The fourth-order valence-corrected chi connectivity index (χ4v) is 7.54. The molecule has 6 aromatic carbocycles. The SMILES string of the molecule is c1ccc(-c2ccc(N(c3ccc(-c4ccc(-c5ccc(Nc6ccc7cccnc7c6)cc5)s4)cc3)c3ccc4cccnc4c3)cc2)cc1. The molecule has 0 spiro atoms. The Bertz CT molecular complexity index is 2590. The molecule has 5 heteroatoms. The molecule has 0 amide bonds. The zero-order valence-corrected chi connectivity index (χ0v) is 28.5. The lowest BCUT2D eigenvalue weighted by Gasteiger charge is -2.26. The van der Waals surface area contributed by atoms with Crippen LogP contribution in [0.25, 0.3) is 53.8 Å². The standard InChI is InChI=1S/C46H32N4S/c1-2-6-32(7-3-1)33-13-21-40(22-14-33)50(42-25-15-35-9-5-29-48-44(35)31-42)41-23-16-37(17-24-41)46-27-26-45(51-46)36-11-18-38(19-12-36)49-39-20-10-34-8-4-28-47-43(34)30-39/h1-31,49H. The van der Waals surface area contributed by atoms with Crippen molar-refractivity contribution >= 4 is 61.6 Å². The van der Waals surface area contributed by atoms with Crippen LogP contribution in [0, 0.1) is 0 Å². The molecule has 0 fully saturated rings. The summed E-state index contributed by atoms with van der Waals surface area (Å²) in [5, 5.41) is 5.78. The Labute approximate surface area is 301 Å². The highest BCUT2D eigenvalue weighted by Gasteiger charge is 2.15. The van der Waals surface area contributed by atoms with Crippen LogP contribution in [0.15, 0.2) is 188 Å². The van der Waals surface area contributed by atoms with Gasteiger partial charge in [-0.2, -0.15) is 0 Å². The van der Waals surface area contributed by atoms with Crippen molar-refractivity contribution < 1.29 is 0 Å². The van der Waals surface area contributed by atoms with Crippen molar-refractivity contribution in [1.29, 1.82) is 0 Å². The first-order chi connectivity index (χ1) is 25.2. The summed E-state index contributed by atoms with van der Waals surface area (Å²) in [4.78, 5) is 13.9. The number of hydrogen-bond donors (Lipinski definition) is 1. The number of benzene rings is 6. The molecule has 0 atom stereocenters. The highest BCUT2D eigenvalue weighted by Crippen LogP contribution is 2.40. The average Bonchev–Trinajstić information content (AvgIpc) is 3.70. The van der Waals surface area contributed by atoms with Crippen molar-refractivity contribution in [3.05, 3.63) is 188 Å². The van der Waals surface area contributed by atoms with E-state index >= 15 is 0 Å². The Kier molecular flexibility index (Phi) is 8.01. The number of aromatic nitrogens is 2. The lowest BCUT2D eigenvalue weighted by Crippen LogP contribution is -2.10. The molecule has 9 rings (SSSR count). The maximum absolute atomic E-state index is 4.65. The van der Waals surface area contributed by atoms with Gasteiger partial charge in [0.25, 0.3) is 0 Å². The normalized spacial score (nSPS) is 11.1. The molecule has 0 radical (unpaired) electrons. The molecule has 0 bridgehead atoms. The molecule has 0 aliphatic heterocycles. The first-order valence-electron chi connectivity index (χ1n) is 17.0. The zero-order chi connectivity index (χ0) is 34.0. The van der Waals surface area contributed by atoms with Gasteiger partial charge in [0.1, 0.15) is 0 Å². The van der Waals surface area contributed by atoms with Crippen LogP contribution in [0.3, 0.4) is 0 Å². The maximum Gasteiger partial charge on any atom is 0.0722 e. The van der Waals surface area contributed by atoms with Crippen molar-refractivity contribution in [1.82, 2.24) is 9.97 Å². The molecule has 1 N–H and O–H groups in total. The van der Waals surface area contributed by atoms with E-state index < -0.39 is 0 Å². The third kappa shape index (κ3) is 6.34. The first-order valence-corrected chi connectivity index (χ1v) is 17.8. The van der Waals surface area contributed by atoms with E-state index in [1.807, 2.05) is 35.9 Å². The summed E-state index contributed by atoms with van der Waals surface area (Å²) >= 11 is 1.81. The van der Waals surface area contributed by atoms with E-state index in [1.54, 1.807) is 0 Å². The third-order valence-electron chi connectivity index (χ3n) is 9.16. The monoisotopic (exact) mass is 672 g/mol. The van der Waals surface area contributed by atoms with Gasteiger partial charge in [0.2, 0.25) is 0 Å². The van der Waals surface area contributed by atoms with Gasteiger partial charge in [-0.15, -0.1) is 11.3 Å². The first kappa shape index (κ1) is 30.5. The Morgan fingerprint density at radius 2 is 0.902 bits per heavy atom. The van der Waals surface area contributed by atoms with Crippen molar-refractivity contribution in [2.45, 2.75) is 0 Å². The molecule has 4 nitrogen and oxygen atoms in total. The van der Waals surface area contributed by atoms with Crippen LogP contribution in [-0.4, -0.2) is 9.97 Å². The number of nitrogens with zero attached hydrogens (tertiary/aromatic N) is 3. The fourth-order valence-electron chi connectivity index (χ4n) is 6.53. The van der Waals surface area contributed by atoms with Gasteiger partial charge in [-0.05, 0) is 107 Å². The molecule has 0 saturated heterocycles. The summed E-state index contributed by atoms with van der Waals surface area (Å²) in [6.07, 6.45) is 3.68. The molecule has 51 heavy (non-hydrogen) atoms. The molecular formula is C46H32N4S. The predicted molar refractivity (Wildman–Crippen MR) is 216 cm³/mol. The van der Waals surface area contributed by atoms with Crippen molar-refractivity contribution in [2.24, 2.45) is 0 Å².